The summed E-state index contributed by atoms with van der Waals surface area (Å²) in [6.07, 6.45) is -8.17. The molecule has 2 aromatic rings. The third-order valence-electron chi connectivity index (χ3n) is 3.96. The minimum absolute atomic E-state index is 0.0283. The highest BCUT2D eigenvalue weighted by Crippen LogP contribution is 2.46. The van der Waals surface area contributed by atoms with Crippen LogP contribution in [0.4, 0.5) is 28.0 Å². The summed E-state index contributed by atoms with van der Waals surface area (Å²) >= 11 is 0. The molecule has 1 aliphatic rings. The number of urea groups is 1. The fourth-order valence-corrected chi connectivity index (χ4v) is 2.69. The van der Waals surface area contributed by atoms with Gasteiger partial charge in [-0.1, -0.05) is 12.1 Å². The predicted molar refractivity (Wildman–Crippen MR) is 95.3 cm³/mol. The lowest BCUT2D eigenvalue weighted by atomic mass is 10.1. The van der Waals surface area contributed by atoms with Crippen molar-refractivity contribution in [3.05, 3.63) is 53.6 Å². The smallest absolute Gasteiger partial charge is 0.494 e. The van der Waals surface area contributed by atoms with Crippen molar-refractivity contribution in [2.45, 2.75) is 25.7 Å². The second-order valence-electron chi connectivity index (χ2n) is 6.10. The quantitative estimate of drug-likeness (QED) is 0.685. The molecule has 0 spiro atoms. The highest BCUT2D eigenvalue weighted by atomic mass is 19.3. The third kappa shape index (κ3) is 5.29. The van der Waals surface area contributed by atoms with Crippen molar-refractivity contribution < 1.29 is 36.6 Å². The Bertz CT molecular complexity index is 875. The summed E-state index contributed by atoms with van der Waals surface area (Å²) in [6, 6.07) is 9.63. The fourth-order valence-electron chi connectivity index (χ4n) is 2.69. The van der Waals surface area contributed by atoms with Gasteiger partial charge in [-0.05, 0) is 49.2 Å². The van der Waals surface area contributed by atoms with E-state index in [1.807, 2.05) is 31.2 Å². The van der Waals surface area contributed by atoms with Crippen LogP contribution in [0.15, 0.2) is 42.5 Å². The van der Waals surface area contributed by atoms with E-state index in [1.54, 1.807) is 0 Å². The topological polar surface area (TPSA) is 68.8 Å². The van der Waals surface area contributed by atoms with Gasteiger partial charge in [0.05, 0.1) is 12.2 Å². The number of hydrogen-bond acceptors (Lipinski definition) is 4. The first-order chi connectivity index (χ1) is 13.7. The van der Waals surface area contributed by atoms with Crippen molar-refractivity contribution in [2.24, 2.45) is 0 Å². The van der Waals surface area contributed by atoms with Crippen LogP contribution in [-0.4, -0.2) is 25.5 Å². The number of anilines is 1. The maximum atomic E-state index is 13.8. The molecule has 6 nitrogen and oxygen atoms in total. The molecule has 2 amide bonds. The molecule has 0 fully saturated rings. The van der Waals surface area contributed by atoms with E-state index in [0.29, 0.717) is 19.6 Å². The second kappa shape index (κ2) is 8.16. The largest absolute Gasteiger partial charge is 0.540 e. The standard InChI is InChI=1S/C19H18F4N2O4/c1-2-27-14-6-3-12(4-7-14)9-10-24-17(26)25-13-5-8-16-15(11-13)18(20,21)29-19(22,23)28-16/h3-8,11H,2,9-10H2,1H3,(H2,24,25,26). The normalized spacial score (nSPS) is 16.3. The van der Waals surface area contributed by atoms with Crippen LogP contribution < -0.4 is 20.1 Å². The number of ether oxygens (including phenoxy) is 3. The van der Waals surface area contributed by atoms with E-state index in [1.165, 1.54) is 6.07 Å². The number of carbonyl (C=O) groups is 1. The van der Waals surface area contributed by atoms with E-state index in [0.717, 1.165) is 23.4 Å². The summed E-state index contributed by atoms with van der Waals surface area (Å²) in [5.41, 5.74) is 0.0347. The highest BCUT2D eigenvalue weighted by Gasteiger charge is 2.54. The van der Waals surface area contributed by atoms with Crippen LogP contribution in [0.3, 0.4) is 0 Å². The lowest BCUT2D eigenvalue weighted by molar-refractivity contribution is -0.461. The summed E-state index contributed by atoms with van der Waals surface area (Å²) in [5, 5.41) is 4.94. The van der Waals surface area contributed by atoms with Gasteiger partial charge in [-0.2, -0.15) is 8.78 Å². The van der Waals surface area contributed by atoms with Gasteiger partial charge in [0.2, 0.25) is 0 Å². The molecule has 0 bridgehead atoms. The summed E-state index contributed by atoms with van der Waals surface area (Å²) in [4.78, 5) is 12.0. The van der Waals surface area contributed by atoms with Gasteiger partial charge in [-0.3, -0.25) is 0 Å². The molecule has 3 rings (SSSR count). The van der Waals surface area contributed by atoms with E-state index in [9.17, 15) is 22.4 Å². The molecule has 1 heterocycles. The van der Waals surface area contributed by atoms with Gasteiger partial charge in [0.25, 0.3) is 0 Å². The van der Waals surface area contributed by atoms with Crippen LogP contribution in [0.5, 0.6) is 11.5 Å². The Morgan fingerprint density at radius 1 is 1.10 bits per heavy atom. The third-order valence-corrected chi connectivity index (χ3v) is 3.96. The van der Waals surface area contributed by atoms with Crippen molar-refractivity contribution in [2.75, 3.05) is 18.5 Å². The van der Waals surface area contributed by atoms with Crippen LogP contribution in [0.25, 0.3) is 0 Å². The summed E-state index contributed by atoms with van der Waals surface area (Å²) < 4.78 is 66.3. The van der Waals surface area contributed by atoms with Crippen molar-refractivity contribution in [1.82, 2.24) is 5.32 Å². The minimum Gasteiger partial charge on any atom is -0.494 e. The van der Waals surface area contributed by atoms with Gasteiger partial charge in [0.15, 0.2) is 0 Å². The highest BCUT2D eigenvalue weighted by molar-refractivity contribution is 5.89. The number of benzene rings is 2. The number of fused-ring (bicyclic) bond motifs is 1. The number of halogens is 4. The van der Waals surface area contributed by atoms with E-state index < -0.39 is 29.7 Å². The molecular formula is C19H18F4N2O4. The zero-order valence-corrected chi connectivity index (χ0v) is 15.3. The van der Waals surface area contributed by atoms with Crippen LogP contribution in [-0.2, 0) is 17.3 Å². The van der Waals surface area contributed by atoms with Crippen molar-refractivity contribution in [3.8, 4) is 11.5 Å². The molecular weight excluding hydrogens is 396 g/mol. The molecule has 0 aromatic heterocycles. The number of nitrogens with one attached hydrogen (secondary N) is 2. The Labute approximate surface area is 163 Å². The number of rotatable bonds is 6. The lowest BCUT2D eigenvalue weighted by Gasteiger charge is -2.30. The maximum Gasteiger partial charge on any atom is 0.540 e. The maximum absolute atomic E-state index is 13.8. The van der Waals surface area contributed by atoms with E-state index >= 15 is 0 Å². The molecule has 10 heteroatoms. The van der Waals surface area contributed by atoms with Gasteiger partial charge in [0.1, 0.15) is 11.5 Å². The predicted octanol–water partition coefficient (Wildman–Crippen LogP) is 4.46. The molecule has 2 N–H and O–H groups in total. The summed E-state index contributed by atoms with van der Waals surface area (Å²) in [7, 11) is 0. The molecule has 1 aliphatic heterocycles. The zero-order valence-electron chi connectivity index (χ0n) is 15.3. The van der Waals surface area contributed by atoms with Crippen molar-refractivity contribution >= 4 is 11.7 Å². The lowest BCUT2D eigenvalue weighted by Crippen LogP contribution is -2.41. The van der Waals surface area contributed by atoms with Gasteiger partial charge in [0, 0.05) is 12.2 Å². The average molecular weight is 414 g/mol. The SMILES string of the molecule is CCOc1ccc(CCNC(=O)Nc2ccc3c(c2)C(F)(F)OC(F)(F)O3)cc1. The van der Waals surface area contributed by atoms with Crippen molar-refractivity contribution in [3.63, 3.8) is 0 Å². The Morgan fingerprint density at radius 3 is 2.52 bits per heavy atom. The van der Waals surface area contributed by atoms with Gasteiger partial charge in [-0.25, -0.2) is 9.53 Å². The monoisotopic (exact) mass is 414 g/mol. The Hall–Kier alpha value is -3.01. The number of hydrogen-bond donors (Lipinski definition) is 2. The molecule has 0 unspecified atom stereocenters. The van der Waals surface area contributed by atoms with Gasteiger partial charge in [-0.15, -0.1) is 8.78 Å². The zero-order chi connectivity index (χ0) is 21.1. The van der Waals surface area contributed by atoms with E-state index in [4.69, 9.17) is 4.74 Å². The summed E-state index contributed by atoms with van der Waals surface area (Å²) in [5.74, 6) is 0.0181. The molecule has 156 valence electrons. The molecule has 0 radical (unpaired) electrons. The van der Waals surface area contributed by atoms with Gasteiger partial charge >= 0.3 is 18.4 Å². The minimum atomic E-state index is -4.44. The average Bonchev–Trinajstić information content (AvgIpc) is 2.62. The molecule has 0 saturated heterocycles. The Morgan fingerprint density at radius 2 is 1.83 bits per heavy atom. The first-order valence-corrected chi connectivity index (χ1v) is 8.74. The fraction of sp³-hybridized carbons (Fsp3) is 0.316. The molecule has 2 aromatic carbocycles. The van der Waals surface area contributed by atoms with Crippen molar-refractivity contribution in [1.29, 1.82) is 0 Å². The first kappa shape index (κ1) is 20.7. The second-order valence-corrected chi connectivity index (χ2v) is 6.10. The van der Waals surface area contributed by atoms with Crippen LogP contribution in [0.1, 0.15) is 18.1 Å². The van der Waals surface area contributed by atoms with Crippen LogP contribution >= 0.6 is 0 Å². The summed E-state index contributed by atoms with van der Waals surface area (Å²) in [6.45, 7) is 2.74. The van der Waals surface area contributed by atoms with Gasteiger partial charge < -0.3 is 20.1 Å². The Balaban J connectivity index is 1.55. The van der Waals surface area contributed by atoms with Crippen LogP contribution in [0.2, 0.25) is 0 Å². The number of carbonyl (C=O) groups excluding carboxylic acids is 1. The van der Waals surface area contributed by atoms with E-state index in [2.05, 4.69) is 20.1 Å². The number of alkyl halides is 4. The molecule has 0 saturated carbocycles. The molecule has 29 heavy (non-hydrogen) atoms. The van der Waals surface area contributed by atoms with E-state index in [-0.39, 0.29) is 5.69 Å². The van der Waals surface area contributed by atoms with Crippen LogP contribution in [0, 0.1) is 0 Å². The first-order valence-electron chi connectivity index (χ1n) is 8.74. The number of amides is 2. The molecule has 0 atom stereocenters. The Kier molecular flexibility index (Phi) is 5.83. The molecule has 0 aliphatic carbocycles.